The van der Waals surface area contributed by atoms with Crippen LogP contribution in [0.15, 0.2) is 48.2 Å². The van der Waals surface area contributed by atoms with Gasteiger partial charge in [-0.15, -0.1) is 0 Å². The van der Waals surface area contributed by atoms with Crippen molar-refractivity contribution in [3.05, 3.63) is 70.4 Å². The van der Waals surface area contributed by atoms with E-state index in [1.54, 1.807) is 6.07 Å². The molecule has 4 N–H and O–H groups in total. The van der Waals surface area contributed by atoms with E-state index in [-0.39, 0.29) is 34.9 Å². The molecule has 2 aromatic carbocycles. The molecule has 0 amide bonds. The Morgan fingerprint density at radius 1 is 1.20 bits per heavy atom. The lowest BCUT2D eigenvalue weighted by Crippen LogP contribution is -2.27. The maximum absolute atomic E-state index is 12.4. The van der Waals surface area contributed by atoms with Crippen molar-refractivity contribution in [3.63, 3.8) is 0 Å². The number of nitrogen functional groups attached to an aromatic ring is 1. The van der Waals surface area contributed by atoms with Gasteiger partial charge in [-0.05, 0) is 36.8 Å². The molecule has 1 aliphatic carbocycles. The number of fused-ring (bicyclic) bond motifs is 1. The molecule has 2 aromatic rings. The largest absolute Gasteiger partial charge is 0.507 e. The van der Waals surface area contributed by atoms with E-state index < -0.39 is 5.78 Å². The summed E-state index contributed by atoms with van der Waals surface area (Å²) >= 11 is 0. The molecule has 0 spiro atoms. The first kappa shape index (κ1) is 16.3. The van der Waals surface area contributed by atoms with Crippen molar-refractivity contribution < 1.29 is 14.7 Å². The number of allylic oxidation sites excluding steroid dienone is 2. The molecular weight excluding hydrogens is 316 g/mol. The Balaban J connectivity index is 1.75. The van der Waals surface area contributed by atoms with Crippen LogP contribution in [0.3, 0.4) is 0 Å². The topological polar surface area (TPSA) is 92.4 Å². The molecule has 0 aromatic heterocycles. The van der Waals surface area contributed by atoms with Crippen molar-refractivity contribution in [2.24, 2.45) is 0 Å². The number of hydrogen-bond acceptors (Lipinski definition) is 5. The summed E-state index contributed by atoms with van der Waals surface area (Å²) in [4.78, 5) is 24.5. The fourth-order valence-electron chi connectivity index (χ4n) is 2.59. The minimum Gasteiger partial charge on any atom is -0.507 e. The van der Waals surface area contributed by atoms with Crippen LogP contribution in [0.4, 0.5) is 5.69 Å². The van der Waals surface area contributed by atoms with Gasteiger partial charge in [-0.2, -0.15) is 0 Å². The van der Waals surface area contributed by atoms with E-state index in [1.165, 1.54) is 24.3 Å². The van der Waals surface area contributed by atoms with Crippen LogP contribution >= 0.6 is 0 Å². The summed E-state index contributed by atoms with van der Waals surface area (Å²) in [6, 6.07) is 10.0. The van der Waals surface area contributed by atoms with Crippen molar-refractivity contribution >= 4 is 17.3 Å². The van der Waals surface area contributed by atoms with Crippen LogP contribution < -0.4 is 11.1 Å². The number of anilines is 1. The molecule has 0 aliphatic heterocycles. The molecule has 1 aliphatic rings. The van der Waals surface area contributed by atoms with Crippen LogP contribution in [-0.2, 0) is 0 Å². The van der Waals surface area contributed by atoms with Gasteiger partial charge in [0.1, 0.15) is 5.75 Å². The summed E-state index contributed by atoms with van der Waals surface area (Å²) in [5, 5.41) is 12.6. The quantitative estimate of drug-likeness (QED) is 0.579. The Kier molecular flexibility index (Phi) is 4.27. The smallest absolute Gasteiger partial charge is 0.209 e. The van der Waals surface area contributed by atoms with E-state index >= 15 is 0 Å². The molecule has 0 unspecified atom stereocenters. The first-order chi connectivity index (χ1) is 12.0. The number of ketones is 2. The molecule has 0 saturated carbocycles. The molecule has 0 heterocycles. The highest BCUT2D eigenvalue weighted by atomic mass is 16.3. The van der Waals surface area contributed by atoms with Crippen molar-refractivity contribution in [1.29, 1.82) is 0 Å². The van der Waals surface area contributed by atoms with Crippen molar-refractivity contribution in [2.75, 3.05) is 12.3 Å². The van der Waals surface area contributed by atoms with Crippen LogP contribution in [0.1, 0.15) is 31.8 Å². The van der Waals surface area contributed by atoms with Crippen LogP contribution in [0.2, 0.25) is 0 Å². The van der Waals surface area contributed by atoms with Gasteiger partial charge < -0.3 is 16.2 Å². The molecule has 3 rings (SSSR count). The Morgan fingerprint density at radius 3 is 2.80 bits per heavy atom. The van der Waals surface area contributed by atoms with E-state index in [9.17, 15) is 14.7 Å². The van der Waals surface area contributed by atoms with Crippen LogP contribution in [-0.4, -0.2) is 23.2 Å². The number of nitrogens with two attached hydrogens (primary N) is 1. The van der Waals surface area contributed by atoms with E-state index in [0.717, 1.165) is 11.1 Å². The SMILES string of the molecule is Cc1ccc(N)c(C#CCNC2=CC(=O)c3c(O)cccc3C2=O)c1. The van der Waals surface area contributed by atoms with Crippen molar-refractivity contribution in [1.82, 2.24) is 5.32 Å². The van der Waals surface area contributed by atoms with Crippen molar-refractivity contribution in [2.45, 2.75) is 6.92 Å². The highest BCUT2D eigenvalue weighted by Crippen LogP contribution is 2.27. The predicted molar refractivity (Wildman–Crippen MR) is 95.3 cm³/mol. The maximum atomic E-state index is 12.4. The Morgan fingerprint density at radius 2 is 2.00 bits per heavy atom. The molecule has 0 atom stereocenters. The van der Waals surface area contributed by atoms with Gasteiger partial charge in [0.25, 0.3) is 0 Å². The van der Waals surface area contributed by atoms with Gasteiger partial charge in [0, 0.05) is 22.9 Å². The number of benzene rings is 2. The predicted octanol–water partition coefficient (Wildman–Crippen LogP) is 2.19. The third-order valence-electron chi connectivity index (χ3n) is 3.85. The molecule has 0 bridgehead atoms. The van der Waals surface area contributed by atoms with E-state index in [1.807, 2.05) is 19.1 Å². The number of Topliss-reactive ketones (excluding diaryl/α,β-unsaturated/α-hetero) is 1. The second-order valence-electron chi connectivity index (χ2n) is 5.70. The lowest BCUT2D eigenvalue weighted by atomic mass is 9.92. The Labute approximate surface area is 145 Å². The zero-order chi connectivity index (χ0) is 18.0. The first-order valence-corrected chi connectivity index (χ1v) is 7.69. The van der Waals surface area contributed by atoms with E-state index in [0.29, 0.717) is 5.69 Å². The summed E-state index contributed by atoms with van der Waals surface area (Å²) in [6.45, 7) is 2.14. The number of rotatable bonds is 2. The normalized spacial score (nSPS) is 12.8. The van der Waals surface area contributed by atoms with Gasteiger partial charge >= 0.3 is 0 Å². The number of nitrogens with one attached hydrogen (secondary N) is 1. The summed E-state index contributed by atoms with van der Waals surface area (Å²) in [5.41, 5.74) is 8.61. The fraction of sp³-hybridized carbons (Fsp3) is 0.100. The van der Waals surface area contributed by atoms with E-state index in [4.69, 9.17) is 5.73 Å². The van der Waals surface area contributed by atoms with Gasteiger partial charge in [-0.1, -0.05) is 24.0 Å². The van der Waals surface area contributed by atoms with Crippen LogP contribution in [0.5, 0.6) is 5.75 Å². The number of carbonyl (C=O) groups is 2. The number of phenols is 1. The highest BCUT2D eigenvalue weighted by molar-refractivity contribution is 6.25. The number of hydrogen-bond donors (Lipinski definition) is 3. The van der Waals surface area contributed by atoms with Crippen LogP contribution in [0.25, 0.3) is 0 Å². The number of carbonyl (C=O) groups excluding carboxylic acids is 2. The van der Waals surface area contributed by atoms with Crippen molar-refractivity contribution in [3.8, 4) is 17.6 Å². The van der Waals surface area contributed by atoms with Gasteiger partial charge in [-0.25, -0.2) is 0 Å². The lowest BCUT2D eigenvalue weighted by molar-refractivity contribution is 0.0976. The third kappa shape index (κ3) is 3.24. The average molecular weight is 332 g/mol. The standard InChI is InChI=1S/C20H16N2O3/c1-12-7-8-15(21)13(10-12)4-3-9-22-16-11-18(24)19-14(20(16)25)5-2-6-17(19)23/h2,5-8,10-11,22-23H,9,21H2,1H3. The zero-order valence-corrected chi connectivity index (χ0v) is 13.6. The zero-order valence-electron chi connectivity index (χ0n) is 13.6. The molecule has 5 heteroatoms. The number of aromatic hydroxyl groups is 1. The maximum Gasteiger partial charge on any atom is 0.209 e. The van der Waals surface area contributed by atoms with Gasteiger partial charge in [0.05, 0.1) is 17.8 Å². The summed E-state index contributed by atoms with van der Waals surface area (Å²) < 4.78 is 0. The minimum absolute atomic E-state index is 0.0386. The Hall–Kier alpha value is -3.52. The van der Waals surface area contributed by atoms with Gasteiger partial charge in [0.15, 0.2) is 5.78 Å². The van der Waals surface area contributed by atoms with Crippen LogP contribution in [0, 0.1) is 18.8 Å². The second-order valence-corrected chi connectivity index (χ2v) is 5.70. The fourth-order valence-corrected chi connectivity index (χ4v) is 2.59. The summed E-state index contributed by atoms with van der Waals surface area (Å²) in [7, 11) is 0. The molecule has 0 radical (unpaired) electrons. The molecule has 0 saturated heterocycles. The Bertz CT molecular complexity index is 978. The molecular formula is C20H16N2O3. The summed E-state index contributed by atoms with van der Waals surface area (Å²) in [6.07, 6.45) is 1.19. The highest BCUT2D eigenvalue weighted by Gasteiger charge is 2.27. The van der Waals surface area contributed by atoms with Gasteiger partial charge in [0.2, 0.25) is 5.78 Å². The monoisotopic (exact) mass is 332 g/mol. The van der Waals surface area contributed by atoms with E-state index in [2.05, 4.69) is 17.2 Å². The number of phenolic OH excluding ortho intramolecular Hbond substituents is 1. The van der Waals surface area contributed by atoms with Gasteiger partial charge in [-0.3, -0.25) is 9.59 Å². The molecule has 5 nitrogen and oxygen atoms in total. The summed E-state index contributed by atoms with van der Waals surface area (Å²) in [5.74, 6) is 4.89. The lowest BCUT2D eigenvalue weighted by Gasteiger charge is -2.16. The third-order valence-corrected chi connectivity index (χ3v) is 3.85. The number of aryl methyl sites for hydroxylation is 1. The molecule has 25 heavy (non-hydrogen) atoms. The molecule has 0 fully saturated rings. The first-order valence-electron chi connectivity index (χ1n) is 7.69. The molecule has 124 valence electrons. The second kappa shape index (κ2) is 6.54. The minimum atomic E-state index is -0.411. The average Bonchev–Trinajstić information content (AvgIpc) is 2.58.